The molecule has 0 aliphatic carbocycles. The molecule has 0 amide bonds. The van der Waals surface area contributed by atoms with Crippen LogP contribution in [-0.4, -0.2) is 39.6 Å². The first-order valence-electron chi connectivity index (χ1n) is 9.53. The predicted octanol–water partition coefficient (Wildman–Crippen LogP) is 3.17. The third kappa shape index (κ3) is 5.04. The van der Waals surface area contributed by atoms with Crippen molar-refractivity contribution in [2.75, 3.05) is 20.3 Å². The molecule has 0 saturated heterocycles. The van der Waals surface area contributed by atoms with Gasteiger partial charge in [-0.15, -0.1) is 0 Å². The zero-order valence-electron chi connectivity index (χ0n) is 16.6. The van der Waals surface area contributed by atoms with Gasteiger partial charge in [-0.25, -0.2) is 13.1 Å². The lowest BCUT2D eigenvalue weighted by molar-refractivity contribution is 0.265. The fourth-order valence-corrected chi connectivity index (χ4v) is 3.92. The Bertz CT molecular complexity index is 912. The first-order chi connectivity index (χ1) is 13.4. The van der Waals surface area contributed by atoms with Crippen molar-refractivity contribution in [3.63, 3.8) is 0 Å². The normalized spacial score (nSPS) is 14.3. The van der Waals surface area contributed by atoms with Gasteiger partial charge in [0, 0.05) is 31.6 Å². The smallest absolute Gasteiger partial charge is 0.241 e. The molecular formula is C21H28N2O4S. The minimum absolute atomic E-state index is 0.175. The number of hydrogen-bond donors (Lipinski definition) is 1. The summed E-state index contributed by atoms with van der Waals surface area (Å²) in [5.41, 5.74) is 2.08. The summed E-state index contributed by atoms with van der Waals surface area (Å²) in [6.07, 6.45) is 0.774. The van der Waals surface area contributed by atoms with Gasteiger partial charge in [0.05, 0.1) is 18.1 Å². The first-order valence-corrected chi connectivity index (χ1v) is 11.0. The summed E-state index contributed by atoms with van der Waals surface area (Å²) in [5, 5.41) is 0. The van der Waals surface area contributed by atoms with Gasteiger partial charge >= 0.3 is 0 Å². The zero-order chi connectivity index (χ0) is 20.1. The summed E-state index contributed by atoms with van der Waals surface area (Å²) >= 11 is 0. The second-order valence-electron chi connectivity index (χ2n) is 7.26. The highest BCUT2D eigenvalue weighted by atomic mass is 32.2. The molecular weight excluding hydrogens is 376 g/mol. The Morgan fingerprint density at radius 1 is 1.04 bits per heavy atom. The summed E-state index contributed by atoms with van der Waals surface area (Å²) < 4.78 is 39.5. The zero-order valence-corrected chi connectivity index (χ0v) is 17.5. The van der Waals surface area contributed by atoms with E-state index in [4.69, 9.17) is 9.47 Å². The van der Waals surface area contributed by atoms with E-state index >= 15 is 0 Å². The lowest BCUT2D eigenvalue weighted by Crippen LogP contribution is -2.27. The Morgan fingerprint density at radius 2 is 1.71 bits per heavy atom. The fraction of sp³-hybridized carbons (Fsp3) is 0.429. The minimum atomic E-state index is -3.66. The molecule has 1 heterocycles. The van der Waals surface area contributed by atoms with Crippen molar-refractivity contribution in [2.45, 2.75) is 44.3 Å². The van der Waals surface area contributed by atoms with Crippen LogP contribution < -0.4 is 14.2 Å². The molecule has 0 aromatic heterocycles. The number of sulfonamides is 1. The van der Waals surface area contributed by atoms with Crippen LogP contribution >= 0.6 is 0 Å². The molecule has 0 unspecified atom stereocenters. The molecule has 0 fully saturated rings. The minimum Gasteiger partial charge on any atom is -0.490 e. The molecule has 3 rings (SSSR count). The molecule has 0 bridgehead atoms. The summed E-state index contributed by atoms with van der Waals surface area (Å²) in [6, 6.07) is 13.0. The maximum atomic E-state index is 12.8. The van der Waals surface area contributed by atoms with Gasteiger partial charge in [0.15, 0.2) is 11.5 Å². The molecule has 6 nitrogen and oxygen atoms in total. The van der Waals surface area contributed by atoms with E-state index in [0.29, 0.717) is 30.8 Å². The van der Waals surface area contributed by atoms with E-state index in [0.717, 1.165) is 24.1 Å². The standard InChI is InChI=1S/C21H28N2O4S/c1-16(2)23(3)15-18-8-5-4-7-17(18)14-22-28(24,25)19-9-10-20-21(13-19)27-12-6-11-26-20/h4-5,7-10,13,16,22H,6,11-12,14-15H2,1-3H3. The van der Waals surface area contributed by atoms with Crippen molar-refractivity contribution in [1.82, 2.24) is 9.62 Å². The molecule has 0 spiro atoms. The average Bonchev–Trinajstić information content (AvgIpc) is 2.92. The number of fused-ring (bicyclic) bond motifs is 1. The maximum Gasteiger partial charge on any atom is 0.241 e. The van der Waals surface area contributed by atoms with Crippen LogP contribution in [0.1, 0.15) is 31.4 Å². The molecule has 2 aromatic rings. The second kappa shape index (κ2) is 8.94. The first kappa shape index (κ1) is 20.6. The van der Waals surface area contributed by atoms with Gasteiger partial charge in [-0.05, 0) is 44.2 Å². The summed E-state index contributed by atoms with van der Waals surface area (Å²) in [4.78, 5) is 2.39. The number of nitrogens with one attached hydrogen (secondary N) is 1. The summed E-state index contributed by atoms with van der Waals surface area (Å²) in [7, 11) is -1.61. The Morgan fingerprint density at radius 3 is 2.43 bits per heavy atom. The molecule has 28 heavy (non-hydrogen) atoms. The Hall–Kier alpha value is -2.09. The van der Waals surface area contributed by atoms with Crippen LogP contribution in [0.3, 0.4) is 0 Å². The topological polar surface area (TPSA) is 67.9 Å². The average molecular weight is 405 g/mol. The Labute approximate surface area is 167 Å². The largest absolute Gasteiger partial charge is 0.490 e. The van der Waals surface area contributed by atoms with Crippen LogP contribution in [0.5, 0.6) is 11.5 Å². The molecule has 1 aliphatic heterocycles. The Balaban J connectivity index is 1.75. The summed E-state index contributed by atoms with van der Waals surface area (Å²) in [6.45, 7) is 6.35. The van der Waals surface area contributed by atoms with Gasteiger partial charge in [-0.3, -0.25) is 4.90 Å². The van der Waals surface area contributed by atoms with E-state index in [2.05, 4.69) is 30.5 Å². The molecule has 2 aromatic carbocycles. The van der Waals surface area contributed by atoms with Crippen LogP contribution in [0, 0.1) is 0 Å². The summed E-state index contributed by atoms with van der Waals surface area (Å²) in [5.74, 6) is 1.05. The number of ether oxygens (including phenoxy) is 2. The van der Waals surface area contributed by atoms with Crippen LogP contribution in [0.4, 0.5) is 0 Å². The molecule has 1 aliphatic rings. The van der Waals surface area contributed by atoms with Crippen LogP contribution in [-0.2, 0) is 23.1 Å². The lowest BCUT2D eigenvalue weighted by atomic mass is 10.1. The highest BCUT2D eigenvalue weighted by molar-refractivity contribution is 7.89. The van der Waals surface area contributed by atoms with Crippen molar-refractivity contribution >= 4 is 10.0 Å². The molecule has 0 saturated carbocycles. The molecule has 0 atom stereocenters. The van der Waals surface area contributed by atoms with Gasteiger partial charge in [0.1, 0.15) is 0 Å². The van der Waals surface area contributed by atoms with E-state index in [1.165, 1.54) is 6.07 Å². The molecule has 0 radical (unpaired) electrons. The van der Waals surface area contributed by atoms with E-state index in [1.807, 2.05) is 24.3 Å². The van der Waals surface area contributed by atoms with Crippen LogP contribution in [0.25, 0.3) is 0 Å². The lowest BCUT2D eigenvalue weighted by Gasteiger charge is -2.22. The SMILES string of the molecule is CC(C)N(C)Cc1ccccc1CNS(=O)(=O)c1ccc2c(c1)OCCCO2. The van der Waals surface area contributed by atoms with Crippen molar-refractivity contribution in [3.05, 3.63) is 53.6 Å². The maximum absolute atomic E-state index is 12.8. The predicted molar refractivity (Wildman–Crippen MR) is 109 cm³/mol. The van der Waals surface area contributed by atoms with Gasteiger partial charge in [-0.2, -0.15) is 0 Å². The van der Waals surface area contributed by atoms with E-state index in [9.17, 15) is 8.42 Å². The fourth-order valence-electron chi connectivity index (χ4n) is 2.90. The van der Waals surface area contributed by atoms with Gasteiger partial charge in [0.25, 0.3) is 0 Å². The highest BCUT2D eigenvalue weighted by Crippen LogP contribution is 2.31. The van der Waals surface area contributed by atoms with E-state index < -0.39 is 10.0 Å². The van der Waals surface area contributed by atoms with Crippen LogP contribution in [0.2, 0.25) is 0 Å². The van der Waals surface area contributed by atoms with Gasteiger partial charge < -0.3 is 9.47 Å². The van der Waals surface area contributed by atoms with Crippen molar-refractivity contribution in [1.29, 1.82) is 0 Å². The van der Waals surface area contributed by atoms with Gasteiger partial charge in [0.2, 0.25) is 10.0 Å². The highest BCUT2D eigenvalue weighted by Gasteiger charge is 2.19. The van der Waals surface area contributed by atoms with Crippen molar-refractivity contribution < 1.29 is 17.9 Å². The van der Waals surface area contributed by atoms with Crippen molar-refractivity contribution in [3.8, 4) is 11.5 Å². The monoisotopic (exact) mass is 404 g/mol. The number of nitrogens with zero attached hydrogens (tertiary/aromatic N) is 1. The molecule has 7 heteroatoms. The third-order valence-electron chi connectivity index (χ3n) is 4.90. The quantitative estimate of drug-likeness (QED) is 0.768. The number of benzene rings is 2. The van der Waals surface area contributed by atoms with E-state index in [-0.39, 0.29) is 11.4 Å². The van der Waals surface area contributed by atoms with Crippen LogP contribution in [0.15, 0.2) is 47.4 Å². The molecule has 152 valence electrons. The second-order valence-corrected chi connectivity index (χ2v) is 9.03. The number of hydrogen-bond acceptors (Lipinski definition) is 5. The van der Waals surface area contributed by atoms with Crippen molar-refractivity contribution in [2.24, 2.45) is 0 Å². The number of rotatable bonds is 7. The molecule has 1 N–H and O–H groups in total. The van der Waals surface area contributed by atoms with E-state index in [1.54, 1.807) is 12.1 Å². The third-order valence-corrected chi connectivity index (χ3v) is 6.30. The Kier molecular flexibility index (Phi) is 6.59. The van der Waals surface area contributed by atoms with Gasteiger partial charge in [-0.1, -0.05) is 24.3 Å².